The third kappa shape index (κ3) is 2.07. The monoisotopic (exact) mass is 230 g/mol. The number of rotatable bonds is 3. The second kappa shape index (κ2) is 4.81. The number of nitrogens with zero attached hydrogens (tertiary/aromatic N) is 4. The van der Waals surface area contributed by atoms with Crippen molar-refractivity contribution < 1.29 is 0 Å². The zero-order valence-corrected chi connectivity index (χ0v) is 9.66. The summed E-state index contributed by atoms with van der Waals surface area (Å²) >= 11 is 1.53. The average molecular weight is 230 g/mol. The maximum atomic E-state index is 8.72. The van der Waals surface area contributed by atoms with Gasteiger partial charge < -0.3 is 0 Å². The van der Waals surface area contributed by atoms with E-state index in [1.54, 1.807) is 18.6 Å². The lowest BCUT2D eigenvalue weighted by Gasteiger charge is -1.91. The van der Waals surface area contributed by atoms with Crippen molar-refractivity contribution in [1.82, 2.24) is 15.0 Å². The van der Waals surface area contributed by atoms with Gasteiger partial charge in [-0.3, -0.25) is 9.97 Å². The van der Waals surface area contributed by atoms with Crippen LogP contribution in [0.1, 0.15) is 17.5 Å². The Hall–Kier alpha value is -1.80. The molecule has 0 aliphatic rings. The highest BCUT2D eigenvalue weighted by Gasteiger charge is 2.11. The van der Waals surface area contributed by atoms with E-state index in [1.807, 2.05) is 6.92 Å². The molecule has 0 spiro atoms. The molecule has 0 amide bonds. The van der Waals surface area contributed by atoms with Crippen molar-refractivity contribution in [2.45, 2.75) is 19.8 Å². The molecule has 2 aromatic rings. The zero-order valence-electron chi connectivity index (χ0n) is 8.84. The molecular formula is C11H10N4S. The lowest BCUT2D eigenvalue weighted by molar-refractivity contribution is 1.03. The van der Waals surface area contributed by atoms with Gasteiger partial charge in [-0.1, -0.05) is 6.92 Å². The quantitative estimate of drug-likeness (QED) is 0.811. The fourth-order valence-electron chi connectivity index (χ4n) is 1.39. The molecule has 2 heterocycles. The van der Waals surface area contributed by atoms with Gasteiger partial charge in [0.15, 0.2) is 0 Å². The minimum absolute atomic E-state index is 0.418. The second-order valence-corrected chi connectivity index (χ2v) is 4.25. The minimum atomic E-state index is 0.418. The smallest absolute Gasteiger partial charge is 0.144 e. The number of thiazole rings is 1. The highest BCUT2D eigenvalue weighted by atomic mass is 32.1. The molecule has 0 saturated carbocycles. The van der Waals surface area contributed by atoms with Crippen LogP contribution in [0.5, 0.6) is 0 Å². The first kappa shape index (κ1) is 10.7. The van der Waals surface area contributed by atoms with Gasteiger partial charge in [0, 0.05) is 17.3 Å². The molecule has 0 atom stereocenters. The molecule has 0 aliphatic carbocycles. The highest BCUT2D eigenvalue weighted by Crippen LogP contribution is 2.26. The molecule has 0 fully saturated rings. The summed E-state index contributed by atoms with van der Waals surface area (Å²) < 4.78 is 0. The van der Waals surface area contributed by atoms with Crippen LogP contribution in [-0.2, 0) is 12.8 Å². The van der Waals surface area contributed by atoms with E-state index in [2.05, 4.69) is 21.0 Å². The van der Waals surface area contributed by atoms with Gasteiger partial charge in [0.05, 0.1) is 24.4 Å². The van der Waals surface area contributed by atoms with Gasteiger partial charge in [-0.25, -0.2) is 4.98 Å². The van der Waals surface area contributed by atoms with Crippen molar-refractivity contribution in [2.24, 2.45) is 0 Å². The van der Waals surface area contributed by atoms with Gasteiger partial charge in [0.2, 0.25) is 0 Å². The second-order valence-electron chi connectivity index (χ2n) is 3.17. The van der Waals surface area contributed by atoms with Crippen LogP contribution in [0, 0.1) is 11.3 Å². The summed E-state index contributed by atoms with van der Waals surface area (Å²) in [6.45, 7) is 2.04. The first-order valence-corrected chi connectivity index (χ1v) is 5.78. The maximum Gasteiger partial charge on any atom is 0.144 e. The Morgan fingerprint density at radius 2 is 2.31 bits per heavy atom. The average Bonchev–Trinajstić information content (AvgIpc) is 2.74. The molecule has 0 radical (unpaired) electrons. The Kier molecular flexibility index (Phi) is 3.22. The van der Waals surface area contributed by atoms with Crippen molar-refractivity contribution in [3.63, 3.8) is 0 Å². The molecule has 0 aliphatic heterocycles. The van der Waals surface area contributed by atoms with E-state index >= 15 is 0 Å². The predicted octanol–water partition coefficient (Wildman–Crippen LogP) is 2.23. The number of aryl methyl sites for hydroxylation is 1. The third-order valence-electron chi connectivity index (χ3n) is 2.14. The lowest BCUT2D eigenvalue weighted by Crippen LogP contribution is -1.87. The van der Waals surface area contributed by atoms with E-state index in [-0.39, 0.29) is 0 Å². The predicted molar refractivity (Wildman–Crippen MR) is 61.8 cm³/mol. The third-order valence-corrected chi connectivity index (χ3v) is 3.26. The Bertz CT molecular complexity index is 513. The van der Waals surface area contributed by atoms with Crippen LogP contribution < -0.4 is 0 Å². The van der Waals surface area contributed by atoms with Crippen LogP contribution in [0.2, 0.25) is 0 Å². The van der Waals surface area contributed by atoms with E-state index in [0.717, 1.165) is 27.7 Å². The first-order chi connectivity index (χ1) is 7.85. The molecule has 2 aromatic heterocycles. The summed E-state index contributed by atoms with van der Waals surface area (Å²) in [5, 5.41) is 9.56. The van der Waals surface area contributed by atoms with Crippen molar-refractivity contribution in [2.75, 3.05) is 0 Å². The zero-order chi connectivity index (χ0) is 11.4. The van der Waals surface area contributed by atoms with Crippen LogP contribution in [0.15, 0.2) is 18.6 Å². The first-order valence-electron chi connectivity index (χ1n) is 4.97. The minimum Gasteiger partial charge on any atom is -0.261 e. The molecule has 0 saturated heterocycles. The van der Waals surface area contributed by atoms with E-state index in [9.17, 15) is 0 Å². The van der Waals surface area contributed by atoms with Gasteiger partial charge >= 0.3 is 0 Å². The van der Waals surface area contributed by atoms with Gasteiger partial charge in [-0.2, -0.15) is 5.26 Å². The van der Waals surface area contributed by atoms with Crippen LogP contribution in [-0.4, -0.2) is 15.0 Å². The number of aromatic nitrogens is 3. The standard InChI is InChI=1S/C11H10N4S/c1-2-8-10(3-4-12)16-11(15-8)9-7-13-5-6-14-9/h5-7H,2-3H2,1H3. The Morgan fingerprint density at radius 1 is 1.44 bits per heavy atom. The van der Waals surface area contributed by atoms with E-state index in [1.165, 1.54) is 11.3 Å². The summed E-state index contributed by atoms with van der Waals surface area (Å²) in [5.74, 6) is 0. The lowest BCUT2D eigenvalue weighted by atomic mass is 10.2. The van der Waals surface area contributed by atoms with Gasteiger partial charge in [0.25, 0.3) is 0 Å². The van der Waals surface area contributed by atoms with Crippen LogP contribution in [0.4, 0.5) is 0 Å². The molecule has 2 rings (SSSR count). The summed E-state index contributed by atoms with van der Waals surface area (Å²) in [6, 6.07) is 2.16. The number of hydrogen-bond acceptors (Lipinski definition) is 5. The summed E-state index contributed by atoms with van der Waals surface area (Å²) in [7, 11) is 0. The fourth-order valence-corrected chi connectivity index (χ4v) is 2.43. The maximum absolute atomic E-state index is 8.72. The van der Waals surface area contributed by atoms with Crippen LogP contribution >= 0.6 is 11.3 Å². The molecule has 80 valence electrons. The molecule has 5 heteroatoms. The van der Waals surface area contributed by atoms with Crippen molar-refractivity contribution in [1.29, 1.82) is 5.26 Å². The molecular weight excluding hydrogens is 220 g/mol. The SMILES string of the molecule is CCc1nc(-c2cnccn2)sc1CC#N. The van der Waals surface area contributed by atoms with Crippen LogP contribution in [0.25, 0.3) is 10.7 Å². The number of hydrogen-bond donors (Lipinski definition) is 0. The summed E-state index contributed by atoms with van der Waals surface area (Å²) in [5.41, 5.74) is 1.76. The van der Waals surface area contributed by atoms with E-state index in [0.29, 0.717) is 6.42 Å². The topological polar surface area (TPSA) is 62.5 Å². The normalized spacial score (nSPS) is 10.0. The van der Waals surface area contributed by atoms with Gasteiger partial charge in [-0.05, 0) is 6.42 Å². The van der Waals surface area contributed by atoms with Gasteiger partial charge in [-0.15, -0.1) is 11.3 Å². The summed E-state index contributed by atoms with van der Waals surface area (Å²) in [6.07, 6.45) is 6.23. The highest BCUT2D eigenvalue weighted by molar-refractivity contribution is 7.15. The molecule has 0 bridgehead atoms. The molecule has 0 N–H and O–H groups in total. The number of nitriles is 1. The van der Waals surface area contributed by atoms with Crippen molar-refractivity contribution in [3.05, 3.63) is 29.2 Å². The molecule has 4 nitrogen and oxygen atoms in total. The fraction of sp³-hybridized carbons (Fsp3) is 0.273. The Labute approximate surface area is 97.6 Å². The summed E-state index contributed by atoms with van der Waals surface area (Å²) in [4.78, 5) is 13.7. The van der Waals surface area contributed by atoms with E-state index in [4.69, 9.17) is 5.26 Å². The Morgan fingerprint density at radius 3 is 2.94 bits per heavy atom. The molecule has 0 aromatic carbocycles. The van der Waals surface area contributed by atoms with Crippen molar-refractivity contribution >= 4 is 11.3 Å². The largest absolute Gasteiger partial charge is 0.261 e. The van der Waals surface area contributed by atoms with Gasteiger partial charge in [0.1, 0.15) is 10.7 Å². The molecule has 0 unspecified atom stereocenters. The van der Waals surface area contributed by atoms with Crippen LogP contribution in [0.3, 0.4) is 0 Å². The molecule has 16 heavy (non-hydrogen) atoms. The Balaban J connectivity index is 2.41. The van der Waals surface area contributed by atoms with Crippen molar-refractivity contribution in [3.8, 4) is 16.8 Å². The van der Waals surface area contributed by atoms with E-state index < -0.39 is 0 Å².